The van der Waals surface area contributed by atoms with Gasteiger partial charge in [0.2, 0.25) is 0 Å². The van der Waals surface area contributed by atoms with Crippen LogP contribution >= 0.6 is 0 Å². The first kappa shape index (κ1) is 14.0. The van der Waals surface area contributed by atoms with Crippen LogP contribution in [0.3, 0.4) is 0 Å². The first-order valence-corrected chi connectivity index (χ1v) is 5.90. The quantitative estimate of drug-likeness (QED) is 0.844. The van der Waals surface area contributed by atoms with Crippen LogP contribution in [0, 0.1) is 0 Å². The van der Waals surface area contributed by atoms with Crippen LogP contribution in [0.15, 0.2) is 18.2 Å². The molecule has 0 amide bonds. The summed E-state index contributed by atoms with van der Waals surface area (Å²) < 4.78 is 5.39. The maximum absolute atomic E-state index is 9.31. The Morgan fingerprint density at radius 3 is 2.41 bits per heavy atom. The van der Waals surface area contributed by atoms with E-state index in [-0.39, 0.29) is 18.1 Å². The third kappa shape index (κ3) is 3.20. The molecule has 0 aliphatic carbocycles. The van der Waals surface area contributed by atoms with Crippen molar-refractivity contribution in [1.82, 2.24) is 5.32 Å². The largest absolute Gasteiger partial charge is 0.496 e. The first-order chi connectivity index (χ1) is 7.93. The average Bonchev–Trinajstić information content (AvgIpc) is 2.29. The smallest absolute Gasteiger partial charge is 0.122 e. The highest BCUT2D eigenvalue weighted by Gasteiger charge is 2.20. The number of hydrogen-bond donors (Lipinski definition) is 2. The molecule has 0 saturated heterocycles. The van der Waals surface area contributed by atoms with Crippen LogP contribution in [0.2, 0.25) is 0 Å². The van der Waals surface area contributed by atoms with E-state index in [1.54, 1.807) is 7.11 Å². The highest BCUT2D eigenvalue weighted by molar-refractivity contribution is 5.42. The number of methoxy groups -OCH3 is 1. The standard InChI is InChI=1S/C14H23NO2/c1-14(2,3)11-8-10(12(9-16)15-4)6-7-13(11)17-5/h6-8,12,15-16H,9H2,1-5H3. The third-order valence-electron chi connectivity index (χ3n) is 2.96. The van der Waals surface area contributed by atoms with Crippen molar-refractivity contribution in [2.75, 3.05) is 20.8 Å². The summed E-state index contributed by atoms with van der Waals surface area (Å²) in [6.07, 6.45) is 0. The van der Waals surface area contributed by atoms with Gasteiger partial charge in [-0.2, -0.15) is 0 Å². The summed E-state index contributed by atoms with van der Waals surface area (Å²) in [6, 6.07) is 6.04. The number of nitrogens with one attached hydrogen (secondary N) is 1. The van der Waals surface area contributed by atoms with Gasteiger partial charge in [0.1, 0.15) is 5.75 Å². The van der Waals surface area contributed by atoms with Gasteiger partial charge in [-0.3, -0.25) is 0 Å². The van der Waals surface area contributed by atoms with Crippen LogP contribution in [0.1, 0.15) is 37.9 Å². The second-order valence-corrected chi connectivity index (χ2v) is 5.23. The summed E-state index contributed by atoms with van der Waals surface area (Å²) in [5, 5.41) is 12.4. The number of hydrogen-bond acceptors (Lipinski definition) is 3. The van der Waals surface area contributed by atoms with Crippen molar-refractivity contribution in [3.8, 4) is 5.75 Å². The molecular weight excluding hydrogens is 214 g/mol. The maximum atomic E-state index is 9.31. The van der Waals surface area contributed by atoms with E-state index in [0.29, 0.717) is 0 Å². The van der Waals surface area contributed by atoms with E-state index in [0.717, 1.165) is 16.9 Å². The van der Waals surface area contributed by atoms with Crippen molar-refractivity contribution in [3.05, 3.63) is 29.3 Å². The minimum Gasteiger partial charge on any atom is -0.496 e. The van der Waals surface area contributed by atoms with Crippen LogP contribution in [0.4, 0.5) is 0 Å². The molecule has 1 rings (SSSR count). The Kier molecular flexibility index (Phi) is 4.54. The molecule has 0 aromatic heterocycles. The molecule has 1 atom stereocenters. The monoisotopic (exact) mass is 237 g/mol. The summed E-state index contributed by atoms with van der Waals surface area (Å²) >= 11 is 0. The molecule has 1 aromatic rings. The van der Waals surface area contributed by atoms with Crippen molar-refractivity contribution in [3.63, 3.8) is 0 Å². The highest BCUT2D eigenvalue weighted by Crippen LogP contribution is 2.33. The molecule has 0 aliphatic rings. The molecule has 1 unspecified atom stereocenters. The van der Waals surface area contributed by atoms with Crippen LogP contribution in [0.25, 0.3) is 0 Å². The fourth-order valence-corrected chi connectivity index (χ4v) is 1.89. The second kappa shape index (κ2) is 5.52. The lowest BCUT2D eigenvalue weighted by Gasteiger charge is -2.24. The minimum atomic E-state index is -0.0259. The van der Waals surface area contributed by atoms with Crippen molar-refractivity contribution in [1.29, 1.82) is 0 Å². The Morgan fingerprint density at radius 1 is 1.35 bits per heavy atom. The zero-order valence-electron chi connectivity index (χ0n) is 11.4. The lowest BCUT2D eigenvalue weighted by Crippen LogP contribution is -2.21. The van der Waals surface area contributed by atoms with Crippen LogP contribution in [-0.2, 0) is 5.41 Å². The van der Waals surface area contributed by atoms with Crippen LogP contribution < -0.4 is 10.1 Å². The van der Waals surface area contributed by atoms with Gasteiger partial charge in [0.25, 0.3) is 0 Å². The molecule has 3 nitrogen and oxygen atoms in total. The van der Waals surface area contributed by atoms with Crippen molar-refractivity contribution in [2.24, 2.45) is 0 Å². The van der Waals surface area contributed by atoms with Crippen molar-refractivity contribution >= 4 is 0 Å². The molecule has 0 heterocycles. The van der Waals surface area contributed by atoms with Crippen molar-refractivity contribution < 1.29 is 9.84 Å². The predicted molar refractivity (Wildman–Crippen MR) is 70.6 cm³/mol. The van der Waals surface area contributed by atoms with E-state index in [1.165, 1.54) is 0 Å². The van der Waals surface area contributed by atoms with E-state index in [4.69, 9.17) is 4.74 Å². The summed E-state index contributed by atoms with van der Waals surface area (Å²) in [5.41, 5.74) is 2.27. The Hall–Kier alpha value is -1.06. The fourth-order valence-electron chi connectivity index (χ4n) is 1.89. The number of benzene rings is 1. The Balaban J connectivity index is 3.22. The predicted octanol–water partition coefficient (Wildman–Crippen LogP) is 2.25. The summed E-state index contributed by atoms with van der Waals surface area (Å²) in [6.45, 7) is 6.55. The summed E-state index contributed by atoms with van der Waals surface area (Å²) in [7, 11) is 3.54. The van der Waals surface area contributed by atoms with Gasteiger partial charge in [0.15, 0.2) is 0 Å². The van der Waals surface area contributed by atoms with E-state index in [9.17, 15) is 5.11 Å². The molecule has 0 aliphatic heterocycles. The van der Waals surface area contributed by atoms with E-state index in [1.807, 2.05) is 19.2 Å². The molecule has 3 heteroatoms. The number of aliphatic hydroxyl groups excluding tert-OH is 1. The van der Waals surface area contributed by atoms with Gasteiger partial charge in [-0.05, 0) is 35.7 Å². The normalized spacial score (nSPS) is 13.5. The Labute approximate surface area is 104 Å². The molecule has 0 radical (unpaired) electrons. The van der Waals surface area contributed by atoms with Gasteiger partial charge < -0.3 is 15.2 Å². The molecule has 1 aromatic carbocycles. The van der Waals surface area contributed by atoms with E-state index < -0.39 is 0 Å². The lowest BCUT2D eigenvalue weighted by atomic mass is 9.84. The van der Waals surface area contributed by atoms with Gasteiger partial charge in [-0.15, -0.1) is 0 Å². The summed E-state index contributed by atoms with van der Waals surface area (Å²) in [5.74, 6) is 0.897. The van der Waals surface area contributed by atoms with Gasteiger partial charge >= 0.3 is 0 Å². The second-order valence-electron chi connectivity index (χ2n) is 5.23. The maximum Gasteiger partial charge on any atom is 0.122 e. The number of aliphatic hydroxyl groups is 1. The number of ether oxygens (including phenoxy) is 1. The van der Waals surface area contributed by atoms with Gasteiger partial charge in [-0.25, -0.2) is 0 Å². The summed E-state index contributed by atoms with van der Waals surface area (Å²) in [4.78, 5) is 0. The van der Waals surface area contributed by atoms with Gasteiger partial charge in [-0.1, -0.05) is 26.8 Å². The Morgan fingerprint density at radius 2 is 2.00 bits per heavy atom. The Bertz CT molecular complexity index is 365. The van der Waals surface area contributed by atoms with Crippen LogP contribution in [-0.4, -0.2) is 25.9 Å². The third-order valence-corrected chi connectivity index (χ3v) is 2.96. The molecule has 2 N–H and O–H groups in total. The molecular formula is C14H23NO2. The molecule has 0 fully saturated rings. The number of rotatable bonds is 4. The van der Waals surface area contributed by atoms with E-state index in [2.05, 4.69) is 32.2 Å². The molecule has 96 valence electrons. The SMILES string of the molecule is CNC(CO)c1ccc(OC)c(C(C)(C)C)c1. The minimum absolute atomic E-state index is 0.0229. The average molecular weight is 237 g/mol. The fraction of sp³-hybridized carbons (Fsp3) is 0.571. The zero-order chi connectivity index (χ0) is 13.1. The van der Waals surface area contributed by atoms with Gasteiger partial charge in [0.05, 0.1) is 19.8 Å². The first-order valence-electron chi connectivity index (χ1n) is 5.90. The van der Waals surface area contributed by atoms with Crippen LogP contribution in [0.5, 0.6) is 5.75 Å². The van der Waals surface area contributed by atoms with Crippen molar-refractivity contribution in [2.45, 2.75) is 32.2 Å². The molecule has 0 bridgehead atoms. The zero-order valence-corrected chi connectivity index (χ0v) is 11.4. The highest BCUT2D eigenvalue weighted by atomic mass is 16.5. The molecule has 0 saturated carbocycles. The topological polar surface area (TPSA) is 41.5 Å². The molecule has 0 spiro atoms. The van der Waals surface area contributed by atoms with E-state index >= 15 is 0 Å². The molecule has 17 heavy (non-hydrogen) atoms. The number of likely N-dealkylation sites (N-methyl/N-ethyl adjacent to an activating group) is 1. The van der Waals surface area contributed by atoms with Gasteiger partial charge in [0, 0.05) is 0 Å². The lowest BCUT2D eigenvalue weighted by molar-refractivity contribution is 0.250.